The predicted octanol–water partition coefficient (Wildman–Crippen LogP) is 1.22. The van der Waals surface area contributed by atoms with E-state index in [-0.39, 0.29) is 22.7 Å². The Labute approximate surface area is 135 Å². The van der Waals surface area contributed by atoms with E-state index >= 15 is 0 Å². The smallest absolute Gasteiger partial charge is 0.382 e. The first-order chi connectivity index (χ1) is 11.6. The van der Waals surface area contributed by atoms with Crippen molar-refractivity contribution < 1.29 is 28.7 Å². The molecule has 8 nitrogen and oxygen atoms in total. The highest BCUT2D eigenvalue weighted by Crippen LogP contribution is 2.28. The topological polar surface area (TPSA) is 95.0 Å². The summed E-state index contributed by atoms with van der Waals surface area (Å²) in [6, 6.07) is 9.11. The molecule has 2 aromatic rings. The molecule has 120 valence electrons. The van der Waals surface area contributed by atoms with Gasteiger partial charge in [-0.2, -0.15) is 0 Å². The van der Waals surface area contributed by atoms with Crippen LogP contribution in [0.2, 0.25) is 0 Å². The van der Waals surface area contributed by atoms with Crippen LogP contribution in [0.4, 0.5) is 0 Å². The number of hydrogen-bond acceptors (Lipinski definition) is 7. The highest BCUT2D eigenvalue weighted by molar-refractivity contribution is 6.21. The van der Waals surface area contributed by atoms with Crippen molar-refractivity contribution in [3.8, 4) is 11.6 Å². The van der Waals surface area contributed by atoms with E-state index in [1.807, 2.05) is 0 Å². The quantitative estimate of drug-likeness (QED) is 0.766. The lowest BCUT2D eigenvalue weighted by atomic mass is 10.1. The Morgan fingerprint density at radius 2 is 1.67 bits per heavy atom. The number of hydrogen-bond donors (Lipinski definition) is 0. The lowest BCUT2D eigenvalue weighted by Crippen LogP contribution is -2.33. The summed E-state index contributed by atoms with van der Waals surface area (Å²) in [6.07, 6.45) is 0. The molecule has 3 heterocycles. The number of hydroxylamine groups is 2. The number of benzene rings is 1. The third-order valence-corrected chi connectivity index (χ3v) is 3.55. The van der Waals surface area contributed by atoms with Crippen molar-refractivity contribution in [2.75, 3.05) is 13.2 Å². The van der Waals surface area contributed by atoms with Gasteiger partial charge in [-0.3, -0.25) is 9.59 Å². The second-order valence-electron chi connectivity index (χ2n) is 5.03. The average Bonchev–Trinajstić information content (AvgIpc) is 2.86. The number of nitrogens with zero attached hydrogens (tertiary/aromatic N) is 2. The minimum absolute atomic E-state index is 0.101. The van der Waals surface area contributed by atoms with Crippen LogP contribution in [0.5, 0.6) is 11.6 Å². The normalized spacial score (nSPS) is 15.2. The minimum atomic E-state index is -0.943. The first kappa shape index (κ1) is 14.2. The Hall–Kier alpha value is -3.42. The van der Waals surface area contributed by atoms with E-state index in [2.05, 4.69) is 4.98 Å². The van der Waals surface area contributed by atoms with E-state index in [0.717, 1.165) is 0 Å². The molecular weight excluding hydrogens is 316 g/mol. The molecule has 0 unspecified atom stereocenters. The van der Waals surface area contributed by atoms with E-state index < -0.39 is 17.8 Å². The maximum atomic E-state index is 12.2. The van der Waals surface area contributed by atoms with E-state index in [9.17, 15) is 14.4 Å². The van der Waals surface area contributed by atoms with Crippen LogP contribution in [0.3, 0.4) is 0 Å². The van der Waals surface area contributed by atoms with E-state index in [4.69, 9.17) is 14.3 Å². The summed E-state index contributed by atoms with van der Waals surface area (Å²) in [5.41, 5.74) is 0.270. The lowest BCUT2D eigenvalue weighted by molar-refractivity contribution is -0.0589. The van der Waals surface area contributed by atoms with Crippen molar-refractivity contribution in [3.63, 3.8) is 0 Å². The van der Waals surface area contributed by atoms with Crippen molar-refractivity contribution in [2.24, 2.45) is 0 Å². The molecule has 0 aliphatic carbocycles. The molecule has 2 amide bonds. The minimum Gasteiger partial charge on any atom is -0.484 e. The summed E-state index contributed by atoms with van der Waals surface area (Å²) in [5.74, 6) is -1.75. The number of pyridine rings is 1. The van der Waals surface area contributed by atoms with Gasteiger partial charge in [0, 0.05) is 0 Å². The maximum absolute atomic E-state index is 12.2. The first-order valence-electron chi connectivity index (χ1n) is 7.12. The summed E-state index contributed by atoms with van der Waals surface area (Å²) >= 11 is 0. The van der Waals surface area contributed by atoms with Gasteiger partial charge in [0.25, 0.3) is 17.7 Å². The van der Waals surface area contributed by atoms with Gasteiger partial charge in [0.1, 0.15) is 13.2 Å². The van der Waals surface area contributed by atoms with Crippen LogP contribution in [-0.4, -0.2) is 41.0 Å². The molecule has 2 aliphatic rings. The molecule has 0 bridgehead atoms. The van der Waals surface area contributed by atoms with Gasteiger partial charge in [-0.25, -0.2) is 9.78 Å². The molecule has 8 heteroatoms. The number of imide groups is 1. The third-order valence-electron chi connectivity index (χ3n) is 3.55. The van der Waals surface area contributed by atoms with Gasteiger partial charge < -0.3 is 14.3 Å². The standard InChI is InChI=1S/C16H10N2O6/c19-14-9-3-1-2-4-10(9)15(20)18(14)24-16(21)11-5-6-12-13(17-11)23-8-7-22-12/h1-6H,7-8H2. The largest absolute Gasteiger partial charge is 0.484 e. The Morgan fingerprint density at radius 3 is 2.38 bits per heavy atom. The number of amides is 2. The van der Waals surface area contributed by atoms with Crippen LogP contribution >= 0.6 is 0 Å². The lowest BCUT2D eigenvalue weighted by Gasteiger charge is -2.17. The summed E-state index contributed by atoms with van der Waals surface area (Å²) in [6.45, 7) is 0.713. The molecule has 2 aliphatic heterocycles. The Balaban J connectivity index is 1.57. The summed E-state index contributed by atoms with van der Waals surface area (Å²) < 4.78 is 10.6. The molecule has 1 aromatic carbocycles. The Kier molecular flexibility index (Phi) is 3.16. The van der Waals surface area contributed by atoms with Gasteiger partial charge in [0.05, 0.1) is 11.1 Å². The number of ether oxygens (including phenoxy) is 2. The first-order valence-corrected chi connectivity index (χ1v) is 7.12. The fourth-order valence-electron chi connectivity index (χ4n) is 2.42. The van der Waals surface area contributed by atoms with Crippen LogP contribution in [0.25, 0.3) is 0 Å². The van der Waals surface area contributed by atoms with Crippen LogP contribution in [0.1, 0.15) is 31.2 Å². The summed E-state index contributed by atoms with van der Waals surface area (Å²) in [7, 11) is 0. The molecule has 0 spiro atoms. The second kappa shape index (κ2) is 5.34. The third kappa shape index (κ3) is 2.16. The molecule has 4 rings (SSSR count). The average molecular weight is 326 g/mol. The molecule has 0 radical (unpaired) electrons. The molecule has 1 aromatic heterocycles. The molecular formula is C16H10N2O6. The highest BCUT2D eigenvalue weighted by Gasteiger charge is 2.39. The zero-order valence-corrected chi connectivity index (χ0v) is 12.2. The summed E-state index contributed by atoms with van der Waals surface area (Å²) in [4.78, 5) is 45.5. The van der Waals surface area contributed by atoms with E-state index in [1.165, 1.54) is 24.3 Å². The number of aromatic nitrogens is 1. The van der Waals surface area contributed by atoms with Crippen LogP contribution in [0, 0.1) is 0 Å². The number of fused-ring (bicyclic) bond motifs is 2. The monoisotopic (exact) mass is 326 g/mol. The highest BCUT2D eigenvalue weighted by atomic mass is 16.7. The Bertz CT molecular complexity index is 844. The van der Waals surface area contributed by atoms with E-state index in [0.29, 0.717) is 24.0 Å². The van der Waals surface area contributed by atoms with Crippen molar-refractivity contribution in [1.29, 1.82) is 0 Å². The van der Waals surface area contributed by atoms with Crippen molar-refractivity contribution in [2.45, 2.75) is 0 Å². The van der Waals surface area contributed by atoms with Crippen molar-refractivity contribution >= 4 is 17.8 Å². The molecule has 24 heavy (non-hydrogen) atoms. The molecule has 0 saturated heterocycles. The van der Waals surface area contributed by atoms with Crippen LogP contribution in [-0.2, 0) is 4.84 Å². The van der Waals surface area contributed by atoms with Crippen LogP contribution < -0.4 is 9.47 Å². The van der Waals surface area contributed by atoms with Crippen molar-refractivity contribution in [1.82, 2.24) is 10.0 Å². The zero-order valence-electron chi connectivity index (χ0n) is 12.2. The molecule has 0 fully saturated rings. The maximum Gasteiger partial charge on any atom is 0.382 e. The van der Waals surface area contributed by atoms with Gasteiger partial charge in [-0.05, 0) is 24.3 Å². The fraction of sp³-hybridized carbons (Fsp3) is 0.125. The predicted molar refractivity (Wildman–Crippen MR) is 77.6 cm³/mol. The van der Waals surface area contributed by atoms with Gasteiger partial charge in [0.2, 0.25) is 0 Å². The van der Waals surface area contributed by atoms with E-state index in [1.54, 1.807) is 12.1 Å². The molecule has 0 N–H and O–H groups in total. The van der Waals surface area contributed by atoms with Gasteiger partial charge in [0.15, 0.2) is 11.4 Å². The second-order valence-corrected chi connectivity index (χ2v) is 5.03. The number of rotatable bonds is 2. The SMILES string of the molecule is O=C(ON1C(=O)c2ccccc2C1=O)c1ccc2c(n1)OCCO2. The molecule has 0 atom stereocenters. The number of carbonyl (C=O) groups is 3. The molecule has 0 saturated carbocycles. The Morgan fingerprint density at radius 1 is 1.00 bits per heavy atom. The summed E-state index contributed by atoms with van der Waals surface area (Å²) in [5, 5.41) is 0.436. The fourth-order valence-corrected chi connectivity index (χ4v) is 2.42. The van der Waals surface area contributed by atoms with Crippen LogP contribution in [0.15, 0.2) is 36.4 Å². The van der Waals surface area contributed by atoms with Gasteiger partial charge >= 0.3 is 5.97 Å². The van der Waals surface area contributed by atoms with Gasteiger partial charge in [-0.15, -0.1) is 0 Å². The zero-order chi connectivity index (χ0) is 16.7. The van der Waals surface area contributed by atoms with Gasteiger partial charge in [-0.1, -0.05) is 17.2 Å². The van der Waals surface area contributed by atoms with Crippen molar-refractivity contribution in [3.05, 3.63) is 53.2 Å². The number of carbonyl (C=O) groups excluding carboxylic acids is 3.